The molecule has 2 nitrogen and oxygen atoms in total. The van der Waals surface area contributed by atoms with Crippen LogP contribution in [0, 0.1) is 0 Å². The minimum absolute atomic E-state index is 0.285. The average Bonchev–Trinajstić information content (AvgIpc) is 2.09. The highest BCUT2D eigenvalue weighted by atomic mass is 31.1. The van der Waals surface area contributed by atoms with Gasteiger partial charge in [-0.2, -0.15) is 0 Å². The van der Waals surface area contributed by atoms with Gasteiger partial charge in [0.25, 0.3) is 0 Å². The summed E-state index contributed by atoms with van der Waals surface area (Å²) in [5.41, 5.74) is 1.11. The number of aryl methyl sites for hydroxylation is 1. The molecular weight excluding hydrogens is 171 g/mol. The molecule has 0 saturated carbocycles. The Kier molecular flexibility index (Phi) is 3.75. The molecule has 0 unspecified atom stereocenters. The van der Waals surface area contributed by atoms with Crippen LogP contribution in [0.2, 0.25) is 0 Å². The Morgan fingerprint density at radius 1 is 1.42 bits per heavy atom. The molecule has 1 aromatic carbocycles. The van der Waals surface area contributed by atoms with Gasteiger partial charge in [-0.3, -0.25) is 0 Å². The van der Waals surface area contributed by atoms with Gasteiger partial charge in [-0.05, 0) is 18.1 Å². The summed E-state index contributed by atoms with van der Waals surface area (Å²) < 4.78 is 15.1. The zero-order chi connectivity index (χ0) is 8.81. The van der Waals surface area contributed by atoms with Gasteiger partial charge in [0.2, 0.25) is 0 Å². The van der Waals surface area contributed by atoms with E-state index in [2.05, 4.69) is 6.92 Å². The summed E-state index contributed by atoms with van der Waals surface area (Å²) in [6, 6.07) is 7.65. The fourth-order valence-corrected chi connectivity index (χ4v) is 1.37. The average molecular weight is 182 g/mol. The second kappa shape index (κ2) is 4.89. The lowest BCUT2D eigenvalue weighted by Crippen LogP contribution is -1.86. The molecule has 0 aliphatic rings. The number of para-hydroxylation sites is 1. The summed E-state index contributed by atoms with van der Waals surface area (Å²) in [7, 11) is -0.285. The molecule has 0 N–H and O–H groups in total. The summed E-state index contributed by atoms with van der Waals surface area (Å²) in [6.45, 7) is 2.10. The van der Waals surface area contributed by atoms with Gasteiger partial charge in [0.1, 0.15) is 5.75 Å². The summed E-state index contributed by atoms with van der Waals surface area (Å²) in [5.74, 6) is 0.719. The second-order valence-corrected chi connectivity index (χ2v) is 2.86. The molecule has 64 valence electrons. The van der Waals surface area contributed by atoms with Crippen LogP contribution in [-0.4, -0.2) is 0 Å². The van der Waals surface area contributed by atoms with E-state index in [-0.39, 0.29) is 8.69 Å². The molecule has 0 atom stereocenters. The van der Waals surface area contributed by atoms with Gasteiger partial charge in [-0.25, -0.2) is 4.57 Å². The lowest BCUT2D eigenvalue weighted by molar-refractivity contribution is 0.521. The molecule has 0 aliphatic heterocycles. The SMILES string of the molecule is CCCc1ccccc1OP=O. The first-order chi connectivity index (χ1) is 5.88. The van der Waals surface area contributed by atoms with Crippen LogP contribution < -0.4 is 4.52 Å². The van der Waals surface area contributed by atoms with E-state index >= 15 is 0 Å². The molecule has 0 spiro atoms. The molecule has 0 heterocycles. The minimum atomic E-state index is -0.285. The molecule has 1 aromatic rings. The van der Waals surface area contributed by atoms with Gasteiger partial charge in [-0.1, -0.05) is 31.5 Å². The molecule has 0 fully saturated rings. The van der Waals surface area contributed by atoms with Gasteiger partial charge < -0.3 is 4.52 Å². The van der Waals surface area contributed by atoms with Crippen molar-refractivity contribution in [1.29, 1.82) is 0 Å². The minimum Gasteiger partial charge on any atom is -0.407 e. The number of hydrogen-bond acceptors (Lipinski definition) is 2. The maximum absolute atomic E-state index is 10.2. The Hall–Kier alpha value is -0.880. The Labute approximate surface area is 73.8 Å². The largest absolute Gasteiger partial charge is 0.407 e. The van der Waals surface area contributed by atoms with Crippen molar-refractivity contribution in [1.82, 2.24) is 0 Å². The Morgan fingerprint density at radius 2 is 2.17 bits per heavy atom. The molecule has 0 radical (unpaired) electrons. The summed E-state index contributed by atoms with van der Waals surface area (Å²) in [5, 5.41) is 0. The van der Waals surface area contributed by atoms with Gasteiger partial charge >= 0.3 is 8.69 Å². The first-order valence-corrected chi connectivity index (χ1v) is 4.69. The highest BCUT2D eigenvalue weighted by molar-refractivity contribution is 7.17. The van der Waals surface area contributed by atoms with Gasteiger partial charge in [0, 0.05) is 0 Å². The van der Waals surface area contributed by atoms with Crippen molar-refractivity contribution in [2.75, 3.05) is 0 Å². The highest BCUT2D eigenvalue weighted by Crippen LogP contribution is 2.22. The van der Waals surface area contributed by atoms with Crippen molar-refractivity contribution in [3.05, 3.63) is 29.8 Å². The molecule has 0 saturated heterocycles. The van der Waals surface area contributed by atoms with Gasteiger partial charge in [0.05, 0.1) is 0 Å². The molecule has 12 heavy (non-hydrogen) atoms. The third-order valence-corrected chi connectivity index (χ3v) is 1.90. The van der Waals surface area contributed by atoms with Crippen LogP contribution in [0.5, 0.6) is 5.75 Å². The third kappa shape index (κ3) is 2.31. The van der Waals surface area contributed by atoms with Crippen LogP contribution in [0.1, 0.15) is 18.9 Å². The van der Waals surface area contributed by atoms with E-state index in [1.54, 1.807) is 0 Å². The topological polar surface area (TPSA) is 26.3 Å². The van der Waals surface area contributed by atoms with E-state index in [1.165, 1.54) is 0 Å². The van der Waals surface area contributed by atoms with Crippen LogP contribution in [0.3, 0.4) is 0 Å². The Bertz CT molecular complexity index is 260. The van der Waals surface area contributed by atoms with E-state index in [1.807, 2.05) is 24.3 Å². The lowest BCUT2D eigenvalue weighted by Gasteiger charge is -2.03. The summed E-state index contributed by atoms with van der Waals surface area (Å²) in [6.07, 6.45) is 2.03. The molecule has 0 aliphatic carbocycles. The Balaban J connectivity index is 2.83. The molecule has 0 aromatic heterocycles. The van der Waals surface area contributed by atoms with E-state index in [0.717, 1.165) is 24.2 Å². The first kappa shape index (κ1) is 9.21. The predicted octanol–water partition coefficient (Wildman–Crippen LogP) is 3.22. The highest BCUT2D eigenvalue weighted by Gasteiger charge is 2.00. The zero-order valence-corrected chi connectivity index (χ0v) is 7.88. The van der Waals surface area contributed by atoms with Crippen molar-refractivity contribution >= 4 is 8.69 Å². The maximum Gasteiger partial charge on any atom is 0.395 e. The van der Waals surface area contributed by atoms with Gasteiger partial charge in [-0.15, -0.1) is 0 Å². The van der Waals surface area contributed by atoms with Crippen molar-refractivity contribution < 1.29 is 9.09 Å². The number of benzene rings is 1. The third-order valence-electron chi connectivity index (χ3n) is 1.63. The van der Waals surface area contributed by atoms with Crippen molar-refractivity contribution in [3.63, 3.8) is 0 Å². The van der Waals surface area contributed by atoms with Crippen LogP contribution in [0.15, 0.2) is 24.3 Å². The fraction of sp³-hybridized carbons (Fsp3) is 0.333. The lowest BCUT2D eigenvalue weighted by atomic mass is 10.1. The van der Waals surface area contributed by atoms with E-state index < -0.39 is 0 Å². The van der Waals surface area contributed by atoms with Crippen molar-refractivity contribution in [3.8, 4) is 5.75 Å². The smallest absolute Gasteiger partial charge is 0.395 e. The molecule has 0 bridgehead atoms. The fourth-order valence-electron chi connectivity index (χ4n) is 1.11. The van der Waals surface area contributed by atoms with Crippen LogP contribution in [-0.2, 0) is 11.0 Å². The second-order valence-electron chi connectivity index (χ2n) is 2.52. The van der Waals surface area contributed by atoms with Crippen LogP contribution >= 0.6 is 8.69 Å². The normalized spacial score (nSPS) is 10.1. The van der Waals surface area contributed by atoms with E-state index in [0.29, 0.717) is 0 Å². The first-order valence-electron chi connectivity index (χ1n) is 3.96. The maximum atomic E-state index is 10.2. The predicted molar refractivity (Wildman–Crippen MR) is 48.7 cm³/mol. The Morgan fingerprint density at radius 3 is 2.83 bits per heavy atom. The van der Waals surface area contributed by atoms with Crippen LogP contribution in [0.4, 0.5) is 0 Å². The number of rotatable bonds is 4. The van der Waals surface area contributed by atoms with Crippen molar-refractivity contribution in [2.24, 2.45) is 0 Å². The summed E-state index contributed by atoms with van der Waals surface area (Å²) >= 11 is 0. The van der Waals surface area contributed by atoms with E-state index in [9.17, 15) is 4.57 Å². The number of hydrogen-bond donors (Lipinski definition) is 0. The van der Waals surface area contributed by atoms with Crippen LogP contribution in [0.25, 0.3) is 0 Å². The zero-order valence-electron chi connectivity index (χ0n) is 6.99. The molecule has 0 amide bonds. The van der Waals surface area contributed by atoms with E-state index in [4.69, 9.17) is 4.52 Å². The van der Waals surface area contributed by atoms with Gasteiger partial charge in [0.15, 0.2) is 0 Å². The molecule has 3 heteroatoms. The monoisotopic (exact) mass is 182 g/mol. The molecular formula is C9H11O2P. The quantitative estimate of drug-likeness (QED) is 0.668. The summed E-state index contributed by atoms with van der Waals surface area (Å²) in [4.78, 5) is 0. The van der Waals surface area contributed by atoms with Crippen molar-refractivity contribution in [2.45, 2.75) is 19.8 Å². The molecule has 1 rings (SSSR count). The standard InChI is InChI=1S/C9H11O2P/c1-2-5-8-6-3-4-7-9(8)11-12-10/h3-4,6-7H,2,5H2,1H3.